The molecule has 0 aliphatic carbocycles. The normalized spacial score (nSPS) is 11.6. The lowest BCUT2D eigenvalue weighted by atomic mass is 9.90. The zero-order valence-electron chi connectivity index (χ0n) is 9.90. The molecule has 0 bridgehead atoms. The van der Waals surface area contributed by atoms with Crippen molar-refractivity contribution in [2.75, 3.05) is 17.6 Å². The predicted molar refractivity (Wildman–Crippen MR) is 63.3 cm³/mol. The summed E-state index contributed by atoms with van der Waals surface area (Å²) < 4.78 is 26.1. The van der Waals surface area contributed by atoms with Crippen molar-refractivity contribution >= 4 is 11.4 Å². The van der Waals surface area contributed by atoms with E-state index in [1.165, 1.54) is 6.07 Å². The maximum atomic E-state index is 13.1. The number of nitrogen functional groups attached to an aromatic ring is 1. The van der Waals surface area contributed by atoms with Crippen molar-refractivity contribution in [1.82, 2.24) is 0 Å². The first-order chi connectivity index (χ1) is 7.35. The highest BCUT2D eigenvalue weighted by atomic mass is 19.1. The first-order valence-corrected chi connectivity index (χ1v) is 5.34. The van der Waals surface area contributed by atoms with Gasteiger partial charge in [0.25, 0.3) is 0 Å². The minimum atomic E-state index is -0.725. The van der Waals surface area contributed by atoms with Crippen LogP contribution in [0, 0.1) is 17.0 Å². The number of nitrogens with one attached hydrogen (secondary N) is 1. The van der Waals surface area contributed by atoms with Crippen LogP contribution in [0.25, 0.3) is 0 Å². The van der Waals surface area contributed by atoms with E-state index in [1.807, 2.05) is 0 Å². The number of halogens is 2. The van der Waals surface area contributed by atoms with Gasteiger partial charge in [0, 0.05) is 12.6 Å². The van der Waals surface area contributed by atoms with Crippen molar-refractivity contribution in [1.29, 1.82) is 0 Å². The molecule has 0 aliphatic heterocycles. The number of hydrogen-bond donors (Lipinski definition) is 2. The van der Waals surface area contributed by atoms with Crippen molar-refractivity contribution in [2.24, 2.45) is 5.41 Å². The van der Waals surface area contributed by atoms with Gasteiger partial charge in [-0.1, -0.05) is 20.8 Å². The van der Waals surface area contributed by atoms with Crippen LogP contribution in [0.15, 0.2) is 12.1 Å². The SMILES string of the molecule is CCC(C)(C)CNc1cc(F)cc(F)c1N. The van der Waals surface area contributed by atoms with E-state index in [0.717, 1.165) is 12.5 Å². The maximum Gasteiger partial charge on any atom is 0.151 e. The molecule has 90 valence electrons. The van der Waals surface area contributed by atoms with Crippen molar-refractivity contribution in [2.45, 2.75) is 27.2 Å². The van der Waals surface area contributed by atoms with Crippen LogP contribution in [0.1, 0.15) is 27.2 Å². The molecule has 1 aromatic rings. The van der Waals surface area contributed by atoms with Gasteiger partial charge < -0.3 is 11.1 Å². The first-order valence-electron chi connectivity index (χ1n) is 5.34. The monoisotopic (exact) mass is 228 g/mol. The van der Waals surface area contributed by atoms with E-state index in [9.17, 15) is 8.78 Å². The average Bonchev–Trinajstić information content (AvgIpc) is 2.21. The summed E-state index contributed by atoms with van der Waals surface area (Å²) in [6.45, 7) is 6.84. The molecule has 0 aromatic heterocycles. The zero-order valence-corrected chi connectivity index (χ0v) is 9.90. The number of hydrogen-bond acceptors (Lipinski definition) is 2. The third-order valence-corrected chi connectivity index (χ3v) is 2.81. The van der Waals surface area contributed by atoms with Gasteiger partial charge in [-0.15, -0.1) is 0 Å². The van der Waals surface area contributed by atoms with E-state index in [2.05, 4.69) is 26.1 Å². The van der Waals surface area contributed by atoms with Crippen LogP contribution in [0.3, 0.4) is 0 Å². The highest BCUT2D eigenvalue weighted by molar-refractivity contribution is 5.66. The van der Waals surface area contributed by atoms with Gasteiger partial charge in [-0.25, -0.2) is 8.78 Å². The lowest BCUT2D eigenvalue weighted by Crippen LogP contribution is -2.22. The van der Waals surface area contributed by atoms with E-state index in [-0.39, 0.29) is 11.1 Å². The molecule has 0 spiro atoms. The Morgan fingerprint density at radius 1 is 1.31 bits per heavy atom. The molecular formula is C12H18F2N2. The van der Waals surface area contributed by atoms with Crippen molar-refractivity contribution in [3.63, 3.8) is 0 Å². The molecule has 3 N–H and O–H groups in total. The van der Waals surface area contributed by atoms with Crippen LogP contribution >= 0.6 is 0 Å². The average molecular weight is 228 g/mol. The predicted octanol–water partition coefficient (Wildman–Crippen LogP) is 3.40. The molecule has 0 heterocycles. The van der Waals surface area contributed by atoms with Gasteiger partial charge in [-0.05, 0) is 17.9 Å². The summed E-state index contributed by atoms with van der Waals surface area (Å²) in [6.07, 6.45) is 0.970. The molecule has 1 aromatic carbocycles. The Morgan fingerprint density at radius 2 is 1.94 bits per heavy atom. The lowest BCUT2D eigenvalue weighted by molar-refractivity contribution is 0.377. The maximum absolute atomic E-state index is 13.1. The third kappa shape index (κ3) is 3.08. The number of nitrogens with two attached hydrogens (primary N) is 1. The molecule has 0 aliphatic rings. The Kier molecular flexibility index (Phi) is 3.73. The Balaban J connectivity index is 2.82. The Hall–Kier alpha value is -1.32. The summed E-state index contributed by atoms with van der Waals surface area (Å²) in [5.74, 6) is -1.35. The summed E-state index contributed by atoms with van der Waals surface area (Å²) in [7, 11) is 0. The van der Waals surface area contributed by atoms with Gasteiger partial charge in [0.15, 0.2) is 5.82 Å². The van der Waals surface area contributed by atoms with Crippen LogP contribution in [0.2, 0.25) is 0 Å². The van der Waals surface area contributed by atoms with E-state index in [0.29, 0.717) is 12.2 Å². The van der Waals surface area contributed by atoms with E-state index in [1.54, 1.807) is 0 Å². The third-order valence-electron chi connectivity index (χ3n) is 2.81. The second-order valence-corrected chi connectivity index (χ2v) is 4.72. The summed E-state index contributed by atoms with van der Waals surface area (Å²) in [4.78, 5) is 0. The van der Waals surface area contributed by atoms with Crippen molar-refractivity contribution in [3.05, 3.63) is 23.8 Å². The molecule has 0 fully saturated rings. The molecule has 0 amide bonds. The van der Waals surface area contributed by atoms with Crippen molar-refractivity contribution < 1.29 is 8.78 Å². The molecule has 0 saturated heterocycles. The van der Waals surface area contributed by atoms with Crippen LogP contribution in [0.4, 0.5) is 20.2 Å². The molecule has 0 atom stereocenters. The summed E-state index contributed by atoms with van der Waals surface area (Å²) in [6, 6.07) is 2.00. The summed E-state index contributed by atoms with van der Waals surface area (Å²) in [5, 5.41) is 2.98. The second kappa shape index (κ2) is 4.68. The fourth-order valence-corrected chi connectivity index (χ4v) is 1.19. The van der Waals surface area contributed by atoms with Gasteiger partial charge in [0.05, 0.1) is 11.4 Å². The largest absolute Gasteiger partial charge is 0.395 e. The minimum Gasteiger partial charge on any atom is -0.395 e. The second-order valence-electron chi connectivity index (χ2n) is 4.72. The molecule has 2 nitrogen and oxygen atoms in total. The lowest BCUT2D eigenvalue weighted by Gasteiger charge is -2.24. The highest BCUT2D eigenvalue weighted by Gasteiger charge is 2.16. The van der Waals surface area contributed by atoms with Gasteiger partial charge in [-0.2, -0.15) is 0 Å². The minimum absolute atomic E-state index is 0.0340. The van der Waals surface area contributed by atoms with Crippen molar-refractivity contribution in [3.8, 4) is 0 Å². The van der Waals surface area contributed by atoms with Crippen LogP contribution in [0.5, 0.6) is 0 Å². The Labute approximate surface area is 94.8 Å². The smallest absolute Gasteiger partial charge is 0.151 e. The molecule has 0 radical (unpaired) electrons. The van der Waals surface area contributed by atoms with E-state index >= 15 is 0 Å². The van der Waals surface area contributed by atoms with Crippen LogP contribution < -0.4 is 11.1 Å². The molecule has 0 saturated carbocycles. The first kappa shape index (κ1) is 12.7. The van der Waals surface area contributed by atoms with E-state index < -0.39 is 11.6 Å². The summed E-state index contributed by atoms with van der Waals surface area (Å²) in [5.41, 5.74) is 5.87. The van der Waals surface area contributed by atoms with Crippen LogP contribution in [-0.2, 0) is 0 Å². The summed E-state index contributed by atoms with van der Waals surface area (Å²) >= 11 is 0. The number of benzene rings is 1. The van der Waals surface area contributed by atoms with Gasteiger partial charge in [-0.3, -0.25) is 0 Å². The van der Waals surface area contributed by atoms with Gasteiger partial charge >= 0.3 is 0 Å². The topological polar surface area (TPSA) is 38.0 Å². The van der Waals surface area contributed by atoms with Gasteiger partial charge in [0.1, 0.15) is 5.82 Å². The number of anilines is 2. The molecular weight excluding hydrogens is 210 g/mol. The number of rotatable bonds is 4. The molecule has 16 heavy (non-hydrogen) atoms. The van der Waals surface area contributed by atoms with E-state index in [4.69, 9.17) is 5.73 Å². The van der Waals surface area contributed by atoms with Gasteiger partial charge in [0.2, 0.25) is 0 Å². The zero-order chi connectivity index (χ0) is 12.3. The molecule has 0 unspecified atom stereocenters. The fourth-order valence-electron chi connectivity index (χ4n) is 1.19. The highest BCUT2D eigenvalue weighted by Crippen LogP contribution is 2.26. The fraction of sp³-hybridized carbons (Fsp3) is 0.500. The Bertz CT molecular complexity index is 376. The molecule has 1 rings (SSSR count). The quantitative estimate of drug-likeness (QED) is 0.775. The Morgan fingerprint density at radius 3 is 2.50 bits per heavy atom. The van der Waals surface area contributed by atoms with Crippen LogP contribution in [-0.4, -0.2) is 6.54 Å². The standard InChI is InChI=1S/C12H18F2N2/c1-4-12(2,3)7-16-10-6-8(13)5-9(14)11(10)15/h5-6,16H,4,7,15H2,1-3H3. The molecule has 4 heteroatoms.